The largest absolute Gasteiger partial charge is 0.310 e. The molecule has 0 aromatic heterocycles. The highest BCUT2D eigenvalue weighted by Crippen LogP contribution is 2.53. The standard InChI is InChI=1S/C73H52N2/c1-73(2)69-29-17-16-28-63(69)64-41-37-56(46-70(64)73)72-66-43-39-61(74(57-22-6-3-7-23-57)58-24-8-4-9-25-58)47-67(66)71(52-33-30-51(31-34-52)55-35-32-49-18-12-14-20-53(49)44-55)65-42-40-62(48-68(65)72)75(59-26-10-5-11-27-59)60-38-36-50-19-13-15-21-54(50)45-60/h3-48H,1-2H3. The van der Waals surface area contributed by atoms with Crippen LogP contribution in [0.3, 0.4) is 0 Å². The topological polar surface area (TPSA) is 6.48 Å². The third-order valence-electron chi connectivity index (χ3n) is 15.8. The van der Waals surface area contributed by atoms with Crippen molar-refractivity contribution in [2.45, 2.75) is 19.3 Å². The summed E-state index contributed by atoms with van der Waals surface area (Å²) in [5, 5.41) is 9.68. The zero-order chi connectivity index (χ0) is 50.0. The molecule has 0 N–H and O–H groups in total. The van der Waals surface area contributed by atoms with Crippen molar-refractivity contribution in [3.63, 3.8) is 0 Å². The molecular weight excluding hydrogens is 905 g/mol. The van der Waals surface area contributed by atoms with Gasteiger partial charge in [0.25, 0.3) is 0 Å². The van der Waals surface area contributed by atoms with Gasteiger partial charge in [-0.05, 0) is 184 Å². The van der Waals surface area contributed by atoms with Crippen LogP contribution in [0.1, 0.15) is 25.0 Å². The van der Waals surface area contributed by atoms with Gasteiger partial charge < -0.3 is 9.80 Å². The van der Waals surface area contributed by atoms with Crippen LogP contribution in [-0.4, -0.2) is 0 Å². The molecule has 0 unspecified atom stereocenters. The summed E-state index contributed by atoms with van der Waals surface area (Å²) in [6.07, 6.45) is 0. The number of nitrogens with zero attached hydrogens (tertiary/aromatic N) is 2. The lowest BCUT2D eigenvalue weighted by atomic mass is 9.80. The van der Waals surface area contributed by atoms with Gasteiger partial charge in [-0.2, -0.15) is 0 Å². The molecule has 0 saturated heterocycles. The van der Waals surface area contributed by atoms with Gasteiger partial charge in [-0.25, -0.2) is 0 Å². The van der Waals surface area contributed by atoms with E-state index in [1.165, 1.54) is 93.2 Å². The minimum absolute atomic E-state index is 0.176. The third kappa shape index (κ3) is 7.56. The molecule has 75 heavy (non-hydrogen) atoms. The van der Waals surface area contributed by atoms with Crippen molar-refractivity contribution in [2.75, 3.05) is 9.80 Å². The van der Waals surface area contributed by atoms with Gasteiger partial charge in [0.05, 0.1) is 0 Å². The second-order valence-electron chi connectivity index (χ2n) is 20.5. The molecule has 1 aliphatic rings. The Morgan fingerprint density at radius 2 is 0.653 bits per heavy atom. The van der Waals surface area contributed by atoms with Crippen LogP contribution in [-0.2, 0) is 5.41 Å². The SMILES string of the molecule is CC1(C)c2ccccc2-c2ccc(-c3c4ccc(N(c5ccccc5)c5ccccc5)cc4c(-c4ccc(-c5ccc6ccccc6c5)cc4)c4ccc(N(c5ccccc5)c5ccc6ccccc6c5)cc34)cc21. The van der Waals surface area contributed by atoms with E-state index in [2.05, 4.69) is 303 Å². The minimum Gasteiger partial charge on any atom is -0.310 e. The molecule has 1 aliphatic carbocycles. The van der Waals surface area contributed by atoms with Gasteiger partial charge in [-0.15, -0.1) is 0 Å². The van der Waals surface area contributed by atoms with Crippen LogP contribution in [0, 0.1) is 0 Å². The molecule has 13 aromatic rings. The Morgan fingerprint density at radius 1 is 0.240 bits per heavy atom. The predicted octanol–water partition coefficient (Wildman–Crippen LogP) is 20.5. The van der Waals surface area contributed by atoms with Gasteiger partial charge in [0.1, 0.15) is 0 Å². The summed E-state index contributed by atoms with van der Waals surface area (Å²) < 4.78 is 0. The maximum absolute atomic E-state index is 2.50. The fraction of sp³-hybridized carbons (Fsp3) is 0.0411. The number of benzene rings is 13. The summed E-state index contributed by atoms with van der Waals surface area (Å²) in [6.45, 7) is 4.77. The van der Waals surface area contributed by atoms with Crippen molar-refractivity contribution >= 4 is 77.2 Å². The van der Waals surface area contributed by atoms with E-state index in [9.17, 15) is 0 Å². The monoisotopic (exact) mass is 956 g/mol. The summed E-state index contributed by atoms with van der Waals surface area (Å²) in [4.78, 5) is 4.80. The van der Waals surface area contributed by atoms with Gasteiger partial charge in [-0.1, -0.05) is 208 Å². The molecule has 0 amide bonds. The van der Waals surface area contributed by atoms with Gasteiger partial charge in [0, 0.05) is 39.5 Å². The summed E-state index contributed by atoms with van der Waals surface area (Å²) in [5.41, 5.74) is 19.0. The Labute approximate surface area is 438 Å². The molecule has 2 heteroatoms. The Kier molecular flexibility index (Phi) is 10.6. The molecule has 0 radical (unpaired) electrons. The maximum atomic E-state index is 2.50. The Morgan fingerprint density at radius 3 is 1.25 bits per heavy atom. The van der Waals surface area contributed by atoms with Crippen LogP contribution in [0.2, 0.25) is 0 Å². The molecule has 0 bridgehead atoms. The Bertz CT molecular complexity index is 4270. The summed E-state index contributed by atoms with van der Waals surface area (Å²) in [5.74, 6) is 0. The minimum atomic E-state index is -0.176. The average molecular weight is 957 g/mol. The second-order valence-corrected chi connectivity index (χ2v) is 20.5. The quantitative estimate of drug-likeness (QED) is 0.133. The Hall–Kier alpha value is -9.50. The number of hydrogen-bond donors (Lipinski definition) is 0. The fourth-order valence-electron chi connectivity index (χ4n) is 12.1. The molecule has 0 atom stereocenters. The zero-order valence-electron chi connectivity index (χ0n) is 42.0. The fourth-order valence-corrected chi connectivity index (χ4v) is 12.1. The molecular formula is C73H52N2. The second kappa shape index (κ2) is 17.9. The highest BCUT2D eigenvalue weighted by Gasteiger charge is 2.35. The van der Waals surface area contributed by atoms with Crippen LogP contribution < -0.4 is 9.80 Å². The lowest BCUT2D eigenvalue weighted by Gasteiger charge is -2.28. The highest BCUT2D eigenvalue weighted by atomic mass is 15.1. The first kappa shape index (κ1) is 44.2. The molecule has 0 spiro atoms. The van der Waals surface area contributed by atoms with Crippen LogP contribution in [0.15, 0.2) is 279 Å². The summed E-state index contributed by atoms with van der Waals surface area (Å²) >= 11 is 0. The van der Waals surface area contributed by atoms with E-state index < -0.39 is 0 Å². The first-order valence-electron chi connectivity index (χ1n) is 26.1. The van der Waals surface area contributed by atoms with E-state index >= 15 is 0 Å². The highest BCUT2D eigenvalue weighted by molar-refractivity contribution is 6.23. The molecule has 354 valence electrons. The van der Waals surface area contributed by atoms with Crippen LogP contribution in [0.25, 0.3) is 87.6 Å². The van der Waals surface area contributed by atoms with Gasteiger partial charge in [-0.3, -0.25) is 0 Å². The summed E-state index contributed by atoms with van der Waals surface area (Å²) in [7, 11) is 0. The van der Waals surface area contributed by atoms with E-state index in [1.807, 2.05) is 0 Å². The van der Waals surface area contributed by atoms with Crippen LogP contribution in [0.5, 0.6) is 0 Å². The van der Waals surface area contributed by atoms with Gasteiger partial charge >= 0.3 is 0 Å². The number of anilines is 6. The maximum Gasteiger partial charge on any atom is 0.0468 e. The smallest absolute Gasteiger partial charge is 0.0468 e. The van der Waals surface area contributed by atoms with Crippen molar-refractivity contribution < 1.29 is 0 Å². The average Bonchev–Trinajstić information content (AvgIpc) is 3.70. The first-order valence-corrected chi connectivity index (χ1v) is 26.1. The van der Waals surface area contributed by atoms with Crippen molar-refractivity contribution in [3.05, 3.63) is 290 Å². The lowest BCUT2D eigenvalue weighted by molar-refractivity contribution is 0.660. The normalized spacial score (nSPS) is 12.5. The molecule has 0 aliphatic heterocycles. The van der Waals surface area contributed by atoms with Crippen molar-refractivity contribution in [1.82, 2.24) is 0 Å². The molecule has 2 nitrogen and oxygen atoms in total. The van der Waals surface area contributed by atoms with E-state index in [0.717, 1.165) is 39.7 Å². The number of rotatable bonds is 9. The predicted molar refractivity (Wildman–Crippen MR) is 320 cm³/mol. The van der Waals surface area contributed by atoms with E-state index in [-0.39, 0.29) is 5.41 Å². The molecule has 13 aromatic carbocycles. The Balaban J connectivity index is 1.07. The van der Waals surface area contributed by atoms with E-state index in [4.69, 9.17) is 0 Å². The van der Waals surface area contributed by atoms with Crippen LogP contribution in [0.4, 0.5) is 34.1 Å². The van der Waals surface area contributed by atoms with E-state index in [0.29, 0.717) is 0 Å². The molecule has 14 rings (SSSR count). The number of fused-ring (bicyclic) bond motifs is 7. The van der Waals surface area contributed by atoms with Crippen molar-refractivity contribution in [2.24, 2.45) is 0 Å². The van der Waals surface area contributed by atoms with Gasteiger partial charge in [0.2, 0.25) is 0 Å². The first-order chi connectivity index (χ1) is 36.9. The van der Waals surface area contributed by atoms with E-state index in [1.54, 1.807) is 0 Å². The van der Waals surface area contributed by atoms with Crippen molar-refractivity contribution in [1.29, 1.82) is 0 Å². The molecule has 0 fully saturated rings. The third-order valence-corrected chi connectivity index (χ3v) is 15.8. The van der Waals surface area contributed by atoms with Gasteiger partial charge in [0.15, 0.2) is 0 Å². The molecule has 0 saturated carbocycles. The molecule has 0 heterocycles. The number of hydrogen-bond acceptors (Lipinski definition) is 2. The summed E-state index contributed by atoms with van der Waals surface area (Å²) in [6, 6.07) is 103. The lowest BCUT2D eigenvalue weighted by Crippen LogP contribution is -2.14. The van der Waals surface area contributed by atoms with Crippen LogP contribution >= 0.6 is 0 Å². The van der Waals surface area contributed by atoms with Crippen molar-refractivity contribution in [3.8, 4) is 44.5 Å². The number of para-hydroxylation sites is 3. The zero-order valence-corrected chi connectivity index (χ0v) is 42.0.